The minimum Gasteiger partial charge on any atom is -0.480 e. The van der Waals surface area contributed by atoms with Gasteiger partial charge >= 0.3 is 5.97 Å². The van der Waals surface area contributed by atoms with Crippen LogP contribution in [0.3, 0.4) is 0 Å². The highest BCUT2D eigenvalue weighted by Crippen LogP contribution is 2.33. The summed E-state index contributed by atoms with van der Waals surface area (Å²) in [5, 5.41) is 11.7. The van der Waals surface area contributed by atoms with Crippen LogP contribution in [-0.4, -0.2) is 27.6 Å². The van der Waals surface area contributed by atoms with Crippen LogP contribution in [0.2, 0.25) is 0 Å². The van der Waals surface area contributed by atoms with Gasteiger partial charge in [0.25, 0.3) is 5.91 Å². The number of aromatic nitrogens is 1. The molecule has 1 aromatic rings. The number of hydrogen-bond acceptors (Lipinski definition) is 2. The molecule has 1 aliphatic carbocycles. The van der Waals surface area contributed by atoms with Gasteiger partial charge in [0.2, 0.25) is 0 Å². The highest BCUT2D eigenvalue weighted by molar-refractivity contribution is 5.95. The van der Waals surface area contributed by atoms with Crippen LogP contribution in [0.4, 0.5) is 0 Å². The number of carbonyl (C=O) groups excluding carboxylic acids is 1. The van der Waals surface area contributed by atoms with Gasteiger partial charge in [-0.2, -0.15) is 0 Å². The standard InChI is InChI=1S/C13H18N2O3/c1-8-3-6-11(15(8)2)12(16)14-10(13(17)18)7-9-4-5-9/h3,6,9-10H,4-5,7H2,1-2H3,(H,14,16)(H,17,18). The fourth-order valence-corrected chi connectivity index (χ4v) is 1.98. The Bertz CT molecular complexity index is 475. The first kappa shape index (κ1) is 12.7. The van der Waals surface area contributed by atoms with Crippen LogP contribution in [0.1, 0.15) is 35.4 Å². The van der Waals surface area contributed by atoms with Crippen molar-refractivity contribution in [2.24, 2.45) is 13.0 Å². The molecule has 98 valence electrons. The summed E-state index contributed by atoms with van der Waals surface area (Å²) in [6.07, 6.45) is 2.68. The van der Waals surface area contributed by atoms with Crippen molar-refractivity contribution in [1.82, 2.24) is 9.88 Å². The first-order valence-corrected chi connectivity index (χ1v) is 6.15. The number of nitrogens with one attached hydrogen (secondary N) is 1. The summed E-state index contributed by atoms with van der Waals surface area (Å²) < 4.78 is 1.76. The van der Waals surface area contributed by atoms with Crippen LogP contribution in [0.15, 0.2) is 12.1 Å². The molecule has 2 N–H and O–H groups in total. The van der Waals surface area contributed by atoms with Gasteiger partial charge in [0.05, 0.1) is 0 Å². The molecule has 5 heteroatoms. The van der Waals surface area contributed by atoms with Crippen LogP contribution >= 0.6 is 0 Å². The van der Waals surface area contributed by atoms with Crippen LogP contribution in [0.5, 0.6) is 0 Å². The second-order valence-corrected chi connectivity index (χ2v) is 4.96. The zero-order valence-electron chi connectivity index (χ0n) is 10.6. The molecule has 1 aromatic heterocycles. The van der Waals surface area contributed by atoms with Gasteiger partial charge in [-0.3, -0.25) is 4.79 Å². The Kier molecular flexibility index (Phi) is 3.41. The normalized spacial score (nSPS) is 16.3. The predicted octanol–water partition coefficient (Wildman–Crippen LogP) is 1.32. The van der Waals surface area contributed by atoms with E-state index in [0.29, 0.717) is 18.0 Å². The maximum atomic E-state index is 12.0. The van der Waals surface area contributed by atoms with E-state index in [9.17, 15) is 9.59 Å². The van der Waals surface area contributed by atoms with Crippen molar-refractivity contribution < 1.29 is 14.7 Å². The number of rotatable bonds is 5. The summed E-state index contributed by atoms with van der Waals surface area (Å²) in [5.41, 5.74) is 1.46. The highest BCUT2D eigenvalue weighted by atomic mass is 16.4. The minimum atomic E-state index is -0.957. The smallest absolute Gasteiger partial charge is 0.326 e. The topological polar surface area (TPSA) is 71.3 Å². The molecule has 18 heavy (non-hydrogen) atoms. The lowest BCUT2D eigenvalue weighted by atomic mass is 10.1. The maximum absolute atomic E-state index is 12.0. The highest BCUT2D eigenvalue weighted by Gasteiger charge is 2.30. The number of nitrogens with zero attached hydrogens (tertiary/aromatic N) is 1. The lowest BCUT2D eigenvalue weighted by molar-refractivity contribution is -0.139. The molecule has 0 aliphatic heterocycles. The van der Waals surface area contributed by atoms with Crippen LogP contribution in [-0.2, 0) is 11.8 Å². The molecular formula is C13H18N2O3. The van der Waals surface area contributed by atoms with Gasteiger partial charge in [-0.15, -0.1) is 0 Å². The molecule has 2 rings (SSSR count). The van der Waals surface area contributed by atoms with Gasteiger partial charge in [0.1, 0.15) is 11.7 Å². The quantitative estimate of drug-likeness (QED) is 0.827. The number of carboxylic acid groups (broad SMARTS) is 1. The Morgan fingerprint density at radius 1 is 1.50 bits per heavy atom. The second-order valence-electron chi connectivity index (χ2n) is 4.96. The van der Waals surface area contributed by atoms with Crippen molar-refractivity contribution in [2.45, 2.75) is 32.2 Å². The molecule has 0 spiro atoms. The first-order valence-electron chi connectivity index (χ1n) is 6.15. The van der Waals surface area contributed by atoms with E-state index in [1.807, 2.05) is 13.0 Å². The van der Waals surface area contributed by atoms with Crippen molar-refractivity contribution in [3.05, 3.63) is 23.5 Å². The second kappa shape index (κ2) is 4.84. The molecule has 1 aliphatic rings. The first-order chi connectivity index (χ1) is 8.49. The average molecular weight is 250 g/mol. The summed E-state index contributed by atoms with van der Waals surface area (Å²) in [6, 6.07) is 2.77. The van der Waals surface area contributed by atoms with Gasteiger partial charge in [-0.25, -0.2) is 4.79 Å². The van der Waals surface area contributed by atoms with E-state index >= 15 is 0 Å². The fourth-order valence-electron chi connectivity index (χ4n) is 1.98. The van der Waals surface area contributed by atoms with Crippen molar-refractivity contribution in [1.29, 1.82) is 0 Å². The van der Waals surface area contributed by atoms with Gasteiger partial charge in [-0.1, -0.05) is 12.8 Å². The zero-order valence-corrected chi connectivity index (χ0v) is 10.6. The van der Waals surface area contributed by atoms with E-state index in [4.69, 9.17) is 5.11 Å². The maximum Gasteiger partial charge on any atom is 0.326 e. The molecule has 0 aromatic carbocycles. The monoisotopic (exact) mass is 250 g/mol. The molecule has 1 heterocycles. The number of carboxylic acids is 1. The predicted molar refractivity (Wildman–Crippen MR) is 66.4 cm³/mol. The Morgan fingerprint density at radius 2 is 2.17 bits per heavy atom. The van der Waals surface area contributed by atoms with Gasteiger partial charge in [-0.05, 0) is 31.4 Å². The van der Waals surface area contributed by atoms with Gasteiger partial charge in [0, 0.05) is 12.7 Å². The van der Waals surface area contributed by atoms with Crippen molar-refractivity contribution in [3.63, 3.8) is 0 Å². The summed E-state index contributed by atoms with van der Waals surface area (Å²) >= 11 is 0. The zero-order chi connectivity index (χ0) is 13.3. The number of aliphatic carboxylic acids is 1. The third kappa shape index (κ3) is 2.72. The number of amides is 1. The fraction of sp³-hybridized carbons (Fsp3) is 0.538. The van der Waals surface area contributed by atoms with E-state index in [-0.39, 0.29) is 5.91 Å². The van der Waals surface area contributed by atoms with Crippen LogP contribution in [0, 0.1) is 12.8 Å². The Morgan fingerprint density at radius 3 is 2.61 bits per heavy atom. The summed E-state index contributed by atoms with van der Waals surface area (Å²) in [5.74, 6) is -0.818. The van der Waals surface area contributed by atoms with E-state index in [1.165, 1.54) is 0 Å². The number of aryl methyl sites for hydroxylation is 1. The SMILES string of the molecule is Cc1ccc(C(=O)NC(CC2CC2)C(=O)O)n1C. The van der Waals surface area contributed by atoms with Crippen LogP contribution in [0.25, 0.3) is 0 Å². The summed E-state index contributed by atoms with van der Waals surface area (Å²) in [6.45, 7) is 1.90. The third-order valence-electron chi connectivity index (χ3n) is 3.47. The number of carbonyl (C=O) groups is 2. The van der Waals surface area contributed by atoms with Crippen molar-refractivity contribution >= 4 is 11.9 Å². The third-order valence-corrected chi connectivity index (χ3v) is 3.47. The van der Waals surface area contributed by atoms with E-state index < -0.39 is 12.0 Å². The van der Waals surface area contributed by atoms with E-state index in [0.717, 1.165) is 18.5 Å². The molecule has 1 atom stereocenters. The van der Waals surface area contributed by atoms with Gasteiger partial charge in [0.15, 0.2) is 0 Å². The lowest BCUT2D eigenvalue weighted by Gasteiger charge is -2.14. The molecule has 1 fully saturated rings. The Hall–Kier alpha value is -1.78. The molecule has 0 saturated heterocycles. The van der Waals surface area contributed by atoms with Crippen molar-refractivity contribution in [3.8, 4) is 0 Å². The molecule has 1 saturated carbocycles. The molecule has 1 unspecified atom stereocenters. The molecule has 5 nitrogen and oxygen atoms in total. The summed E-state index contributed by atoms with van der Waals surface area (Å²) in [7, 11) is 1.79. The van der Waals surface area contributed by atoms with E-state index in [2.05, 4.69) is 5.32 Å². The number of hydrogen-bond donors (Lipinski definition) is 2. The lowest BCUT2D eigenvalue weighted by Crippen LogP contribution is -2.41. The summed E-state index contributed by atoms with van der Waals surface area (Å²) in [4.78, 5) is 23.1. The Balaban J connectivity index is 2.04. The molecular weight excluding hydrogens is 232 g/mol. The average Bonchev–Trinajstić information content (AvgIpc) is 3.05. The molecule has 0 bridgehead atoms. The van der Waals surface area contributed by atoms with Crippen molar-refractivity contribution in [2.75, 3.05) is 0 Å². The largest absolute Gasteiger partial charge is 0.480 e. The Labute approximate surface area is 106 Å². The minimum absolute atomic E-state index is 0.321. The van der Waals surface area contributed by atoms with Crippen LogP contribution < -0.4 is 5.32 Å². The van der Waals surface area contributed by atoms with Gasteiger partial charge < -0.3 is 15.0 Å². The molecule has 0 radical (unpaired) electrons. The van der Waals surface area contributed by atoms with E-state index in [1.54, 1.807) is 17.7 Å². The molecule has 1 amide bonds.